The summed E-state index contributed by atoms with van der Waals surface area (Å²) in [6.07, 6.45) is 1.12. The zero-order chi connectivity index (χ0) is 9.35. The van der Waals surface area contributed by atoms with Crippen LogP contribution in [0, 0.1) is 0 Å². The van der Waals surface area contributed by atoms with Gasteiger partial charge in [-0.15, -0.1) is 0 Å². The van der Waals surface area contributed by atoms with Crippen LogP contribution in [0.2, 0.25) is 0 Å². The normalized spacial score (nSPS) is 22.9. The number of hydrogen-bond donors (Lipinski definition) is 1. The minimum atomic E-state index is -4.47. The van der Waals surface area contributed by atoms with Crippen molar-refractivity contribution in [2.75, 3.05) is 6.54 Å². The Kier molecular flexibility index (Phi) is 1.97. The van der Waals surface area contributed by atoms with E-state index < -0.39 is 22.3 Å². The maximum absolute atomic E-state index is 10.7. The summed E-state index contributed by atoms with van der Waals surface area (Å²) in [7, 11) is -4.47. The van der Waals surface area contributed by atoms with Gasteiger partial charge < -0.3 is 0 Å². The van der Waals surface area contributed by atoms with Gasteiger partial charge in [0, 0.05) is 0 Å². The fraction of sp³-hybridized carbons (Fsp3) is 0.500. The van der Waals surface area contributed by atoms with Gasteiger partial charge in [-0.2, -0.15) is 13.4 Å². The van der Waals surface area contributed by atoms with E-state index in [0.717, 1.165) is 6.08 Å². The quantitative estimate of drug-likeness (QED) is 0.244. The number of isocyanates is 1. The molecule has 0 aliphatic carbocycles. The molecule has 0 radical (unpaired) electrons. The Bertz CT molecular complexity index is 354. The third-order valence-electron chi connectivity index (χ3n) is 1.36. The van der Waals surface area contributed by atoms with Crippen LogP contribution in [0.15, 0.2) is 4.99 Å². The smallest absolute Gasteiger partial charge is 0.271 e. The molecule has 0 aromatic heterocycles. The fourth-order valence-electron chi connectivity index (χ4n) is 0.746. The Morgan fingerprint density at radius 2 is 2.25 bits per heavy atom. The van der Waals surface area contributed by atoms with Crippen molar-refractivity contribution in [3.8, 4) is 0 Å². The molecule has 0 aromatic rings. The van der Waals surface area contributed by atoms with Crippen molar-refractivity contribution < 1.29 is 22.6 Å². The third-order valence-corrected chi connectivity index (χ3v) is 2.24. The summed E-state index contributed by atoms with van der Waals surface area (Å²) in [5, 5.41) is 0. The summed E-state index contributed by atoms with van der Waals surface area (Å²) in [4.78, 5) is 23.4. The molecule has 0 unspecified atom stereocenters. The lowest BCUT2D eigenvalue weighted by Crippen LogP contribution is -2.57. The van der Waals surface area contributed by atoms with Gasteiger partial charge in [0.2, 0.25) is 6.08 Å². The lowest BCUT2D eigenvalue weighted by atomic mass is 10.2. The number of carbonyl (C=O) groups excluding carboxylic acids is 2. The number of aliphatic imine (C=N–C) groups is 1. The van der Waals surface area contributed by atoms with Crippen LogP contribution < -0.4 is 0 Å². The Balaban J connectivity index is 2.74. The predicted molar refractivity (Wildman–Crippen MR) is 35.2 cm³/mol. The Morgan fingerprint density at radius 1 is 1.67 bits per heavy atom. The average Bonchev–Trinajstić information content (AvgIpc) is 1.93. The molecule has 7 nitrogen and oxygen atoms in total. The first kappa shape index (κ1) is 8.85. The first-order valence-corrected chi connectivity index (χ1v) is 4.22. The highest BCUT2D eigenvalue weighted by Gasteiger charge is 2.43. The number of carbonyl (C=O) groups is 1. The topological polar surface area (TPSA) is 104 Å². The average molecular weight is 192 g/mol. The van der Waals surface area contributed by atoms with E-state index in [9.17, 15) is 18.0 Å². The lowest BCUT2D eigenvalue weighted by molar-refractivity contribution is -0.135. The molecule has 1 saturated heterocycles. The molecule has 1 N–H and O–H groups in total. The van der Waals surface area contributed by atoms with Gasteiger partial charge in [-0.3, -0.25) is 9.35 Å². The molecule has 66 valence electrons. The zero-order valence-corrected chi connectivity index (χ0v) is 6.48. The Hall–Kier alpha value is -1.24. The molecule has 1 heterocycles. The summed E-state index contributed by atoms with van der Waals surface area (Å²) in [6.45, 7) is -0.299. The van der Waals surface area contributed by atoms with Crippen LogP contribution in [0.4, 0.5) is 0 Å². The van der Waals surface area contributed by atoms with Crippen molar-refractivity contribution in [1.29, 1.82) is 0 Å². The maximum atomic E-state index is 10.7. The summed E-state index contributed by atoms with van der Waals surface area (Å²) >= 11 is 0. The molecule has 1 aliphatic rings. The minimum Gasteiger partial charge on any atom is -0.271 e. The molecule has 1 amide bonds. The van der Waals surface area contributed by atoms with Gasteiger partial charge >= 0.3 is 10.3 Å². The highest BCUT2D eigenvalue weighted by Crippen LogP contribution is 2.16. The van der Waals surface area contributed by atoms with E-state index in [4.69, 9.17) is 4.55 Å². The van der Waals surface area contributed by atoms with E-state index in [0.29, 0.717) is 0 Å². The Labute approximate surface area is 67.6 Å². The SMILES string of the molecule is O=C=N[C@H]1CN(S(=O)(=O)O)C1=O. The molecule has 1 fully saturated rings. The van der Waals surface area contributed by atoms with Crippen molar-refractivity contribution >= 4 is 22.3 Å². The molecule has 0 saturated carbocycles. The third kappa shape index (κ3) is 1.35. The summed E-state index contributed by atoms with van der Waals surface area (Å²) in [5.41, 5.74) is 0. The molecule has 1 rings (SSSR count). The largest absolute Gasteiger partial charge is 0.362 e. The van der Waals surface area contributed by atoms with E-state index in [-0.39, 0.29) is 10.8 Å². The molecule has 0 bridgehead atoms. The van der Waals surface area contributed by atoms with Gasteiger partial charge in [-0.1, -0.05) is 0 Å². The van der Waals surface area contributed by atoms with E-state index in [2.05, 4.69) is 4.99 Å². The summed E-state index contributed by atoms with van der Waals surface area (Å²) in [6, 6.07) is -1.01. The molecular weight excluding hydrogens is 188 g/mol. The second kappa shape index (κ2) is 2.67. The first-order valence-electron chi connectivity index (χ1n) is 2.83. The molecule has 1 atom stereocenters. The molecular formula is C4H4N2O5S. The van der Waals surface area contributed by atoms with Crippen molar-refractivity contribution in [2.24, 2.45) is 4.99 Å². The number of rotatable bonds is 2. The summed E-state index contributed by atoms with van der Waals surface area (Å²) in [5.74, 6) is -0.916. The highest BCUT2D eigenvalue weighted by molar-refractivity contribution is 7.84. The van der Waals surface area contributed by atoms with Crippen LogP contribution in [0.3, 0.4) is 0 Å². The van der Waals surface area contributed by atoms with Crippen LogP contribution in [0.1, 0.15) is 0 Å². The van der Waals surface area contributed by atoms with Crippen LogP contribution in [-0.4, -0.2) is 41.8 Å². The maximum Gasteiger partial charge on any atom is 0.362 e. The van der Waals surface area contributed by atoms with Crippen molar-refractivity contribution in [2.45, 2.75) is 6.04 Å². The van der Waals surface area contributed by atoms with Crippen LogP contribution in [-0.2, 0) is 19.9 Å². The van der Waals surface area contributed by atoms with Gasteiger partial charge in [0.05, 0.1) is 6.54 Å². The molecule has 0 aromatic carbocycles. The monoisotopic (exact) mass is 192 g/mol. The Morgan fingerprint density at radius 3 is 2.58 bits per heavy atom. The van der Waals surface area contributed by atoms with Crippen LogP contribution >= 0.6 is 0 Å². The lowest BCUT2D eigenvalue weighted by Gasteiger charge is -2.31. The van der Waals surface area contributed by atoms with E-state index >= 15 is 0 Å². The van der Waals surface area contributed by atoms with Crippen molar-refractivity contribution in [3.63, 3.8) is 0 Å². The van der Waals surface area contributed by atoms with E-state index in [1.54, 1.807) is 0 Å². The highest BCUT2D eigenvalue weighted by atomic mass is 32.2. The van der Waals surface area contributed by atoms with Gasteiger partial charge in [-0.25, -0.2) is 9.10 Å². The van der Waals surface area contributed by atoms with Gasteiger partial charge in [0.15, 0.2) is 6.04 Å². The molecule has 1 aliphatic heterocycles. The predicted octanol–water partition coefficient (Wildman–Crippen LogP) is -1.66. The van der Waals surface area contributed by atoms with Crippen molar-refractivity contribution in [3.05, 3.63) is 0 Å². The number of amides is 1. The van der Waals surface area contributed by atoms with E-state index in [1.165, 1.54) is 0 Å². The number of β-lactam (4-membered cyclic amide) rings is 1. The minimum absolute atomic E-state index is 0.221. The first-order chi connectivity index (χ1) is 5.46. The fourth-order valence-corrected chi connectivity index (χ4v) is 1.43. The van der Waals surface area contributed by atoms with Crippen molar-refractivity contribution in [1.82, 2.24) is 4.31 Å². The second-order valence-electron chi connectivity index (χ2n) is 2.08. The molecule has 0 spiro atoms. The number of nitrogens with zero attached hydrogens (tertiary/aromatic N) is 2. The van der Waals surface area contributed by atoms with Gasteiger partial charge in [0.25, 0.3) is 5.91 Å². The van der Waals surface area contributed by atoms with Gasteiger partial charge in [-0.05, 0) is 0 Å². The zero-order valence-electron chi connectivity index (χ0n) is 5.67. The summed E-state index contributed by atoms with van der Waals surface area (Å²) < 4.78 is 29.1. The number of hydrogen-bond acceptors (Lipinski definition) is 5. The van der Waals surface area contributed by atoms with E-state index in [1.807, 2.05) is 0 Å². The van der Waals surface area contributed by atoms with Crippen LogP contribution in [0.25, 0.3) is 0 Å². The molecule has 12 heavy (non-hydrogen) atoms. The molecule has 8 heteroatoms. The van der Waals surface area contributed by atoms with Crippen LogP contribution in [0.5, 0.6) is 0 Å². The second-order valence-corrected chi connectivity index (χ2v) is 3.42. The van der Waals surface area contributed by atoms with Gasteiger partial charge in [0.1, 0.15) is 0 Å². The standard InChI is InChI=1S/C4H4N2O5S/c7-2-5-3-1-6(4(3)8)12(9,10)11/h3H,1H2,(H,9,10,11)/t3-/m0/s1.